The lowest BCUT2D eigenvalue weighted by Crippen LogP contribution is -2.46. The Morgan fingerprint density at radius 2 is 2.19 bits per heavy atom. The van der Waals surface area contributed by atoms with Gasteiger partial charge in [0.2, 0.25) is 0 Å². The molecule has 21 heavy (non-hydrogen) atoms. The number of hydrogen-bond donors (Lipinski definition) is 2. The van der Waals surface area contributed by atoms with E-state index in [0.717, 1.165) is 30.5 Å². The van der Waals surface area contributed by atoms with Gasteiger partial charge in [-0.2, -0.15) is 5.10 Å². The molecule has 106 valence electrons. The summed E-state index contributed by atoms with van der Waals surface area (Å²) in [4.78, 5) is 6.70. The number of fused-ring (bicyclic) bond motifs is 1. The van der Waals surface area contributed by atoms with Crippen LogP contribution in [-0.4, -0.2) is 34.8 Å². The van der Waals surface area contributed by atoms with E-state index < -0.39 is 0 Å². The second-order valence-corrected chi connectivity index (χ2v) is 5.34. The minimum atomic E-state index is 0.316. The zero-order valence-electron chi connectivity index (χ0n) is 11.7. The highest BCUT2D eigenvalue weighted by atomic mass is 15.2. The van der Waals surface area contributed by atoms with Crippen LogP contribution in [0.25, 0.3) is 10.9 Å². The van der Waals surface area contributed by atoms with Crippen LogP contribution < -0.4 is 10.2 Å². The van der Waals surface area contributed by atoms with Crippen molar-refractivity contribution in [2.24, 2.45) is 0 Å². The predicted octanol–water partition coefficient (Wildman–Crippen LogP) is 2.11. The summed E-state index contributed by atoms with van der Waals surface area (Å²) >= 11 is 0. The number of benzene rings is 1. The monoisotopic (exact) mass is 279 g/mol. The molecule has 3 aromatic rings. The van der Waals surface area contributed by atoms with Crippen LogP contribution in [0.4, 0.5) is 5.69 Å². The van der Waals surface area contributed by atoms with E-state index in [1.165, 1.54) is 11.3 Å². The van der Waals surface area contributed by atoms with Gasteiger partial charge in [0.15, 0.2) is 0 Å². The Morgan fingerprint density at radius 3 is 3.10 bits per heavy atom. The van der Waals surface area contributed by atoms with Crippen molar-refractivity contribution >= 4 is 16.6 Å². The van der Waals surface area contributed by atoms with Gasteiger partial charge in [0.1, 0.15) is 0 Å². The van der Waals surface area contributed by atoms with E-state index in [4.69, 9.17) is 0 Å². The Morgan fingerprint density at radius 1 is 1.19 bits per heavy atom. The summed E-state index contributed by atoms with van der Waals surface area (Å²) in [6.45, 7) is 2.93. The van der Waals surface area contributed by atoms with E-state index in [0.29, 0.717) is 6.04 Å². The van der Waals surface area contributed by atoms with E-state index in [-0.39, 0.29) is 0 Å². The van der Waals surface area contributed by atoms with Crippen molar-refractivity contribution < 1.29 is 0 Å². The first-order valence-electron chi connectivity index (χ1n) is 7.22. The van der Waals surface area contributed by atoms with Gasteiger partial charge in [0.05, 0.1) is 17.8 Å². The normalized spacial score (nSPS) is 19.0. The third-order valence-electron chi connectivity index (χ3n) is 4.07. The zero-order valence-corrected chi connectivity index (χ0v) is 11.7. The summed E-state index contributed by atoms with van der Waals surface area (Å²) in [5.41, 5.74) is 3.56. The maximum Gasteiger partial charge on any atom is 0.0682 e. The fourth-order valence-electron chi connectivity index (χ4n) is 2.99. The molecule has 0 radical (unpaired) electrons. The van der Waals surface area contributed by atoms with Crippen molar-refractivity contribution in [3.63, 3.8) is 0 Å². The van der Waals surface area contributed by atoms with Crippen LogP contribution in [0.5, 0.6) is 0 Å². The number of anilines is 1. The number of H-pyrrole nitrogens is 1. The van der Waals surface area contributed by atoms with E-state index in [1.54, 1.807) is 0 Å². The Balaban J connectivity index is 1.73. The lowest BCUT2D eigenvalue weighted by atomic mass is 10.0. The highest BCUT2D eigenvalue weighted by molar-refractivity contribution is 5.82. The van der Waals surface area contributed by atoms with Gasteiger partial charge < -0.3 is 10.2 Å². The summed E-state index contributed by atoms with van der Waals surface area (Å²) in [5, 5.41) is 11.7. The Labute approximate surface area is 123 Å². The maximum atomic E-state index is 4.26. The Hall–Kier alpha value is -2.40. The smallest absolute Gasteiger partial charge is 0.0682 e. The first-order chi connectivity index (χ1) is 10.4. The van der Waals surface area contributed by atoms with Crippen LogP contribution in [0.15, 0.2) is 48.9 Å². The van der Waals surface area contributed by atoms with Crippen LogP contribution in [0.2, 0.25) is 0 Å². The highest BCUT2D eigenvalue weighted by Crippen LogP contribution is 2.29. The fourth-order valence-corrected chi connectivity index (χ4v) is 2.99. The second kappa shape index (κ2) is 5.18. The van der Waals surface area contributed by atoms with E-state index in [1.807, 2.05) is 24.7 Å². The average molecular weight is 279 g/mol. The molecule has 0 bridgehead atoms. The fraction of sp³-hybridized carbons (Fsp3) is 0.250. The van der Waals surface area contributed by atoms with Gasteiger partial charge in [-0.25, -0.2) is 0 Å². The predicted molar refractivity (Wildman–Crippen MR) is 83.3 cm³/mol. The first-order valence-corrected chi connectivity index (χ1v) is 7.22. The Bertz CT molecular complexity index is 737. The summed E-state index contributed by atoms with van der Waals surface area (Å²) < 4.78 is 0. The standard InChI is InChI=1S/C16H17N5/c1-2-12(9-17-5-1)16-11-18-6-7-21(16)14-3-4-15-13(8-14)10-19-20-15/h1-5,8-10,16,18H,6-7,11H2,(H,19,20). The molecule has 0 aliphatic carbocycles. The molecule has 2 aromatic heterocycles. The topological polar surface area (TPSA) is 56.8 Å². The first kappa shape index (κ1) is 12.3. The van der Waals surface area contributed by atoms with Crippen LogP contribution in [0, 0.1) is 0 Å². The maximum absolute atomic E-state index is 4.26. The number of aromatic nitrogens is 3. The molecule has 2 N–H and O–H groups in total. The molecule has 1 saturated heterocycles. The van der Waals surface area contributed by atoms with Crippen molar-refractivity contribution in [2.45, 2.75) is 6.04 Å². The summed E-state index contributed by atoms with van der Waals surface area (Å²) in [6, 6.07) is 10.9. The van der Waals surface area contributed by atoms with Crippen LogP contribution in [-0.2, 0) is 0 Å². The quantitative estimate of drug-likeness (QED) is 0.754. The van der Waals surface area contributed by atoms with Gasteiger partial charge in [-0.3, -0.25) is 10.1 Å². The van der Waals surface area contributed by atoms with Crippen molar-refractivity contribution in [1.82, 2.24) is 20.5 Å². The van der Waals surface area contributed by atoms with Crippen molar-refractivity contribution in [3.05, 3.63) is 54.5 Å². The lowest BCUT2D eigenvalue weighted by Gasteiger charge is -2.38. The molecule has 1 aliphatic rings. The van der Waals surface area contributed by atoms with Crippen molar-refractivity contribution in [1.29, 1.82) is 0 Å². The average Bonchev–Trinajstić information content (AvgIpc) is 3.03. The van der Waals surface area contributed by atoms with Gasteiger partial charge in [-0.15, -0.1) is 0 Å². The zero-order chi connectivity index (χ0) is 14.1. The molecule has 0 saturated carbocycles. The molecule has 3 heterocycles. The number of rotatable bonds is 2. The summed E-state index contributed by atoms with van der Waals surface area (Å²) in [6.07, 6.45) is 5.66. The molecule has 5 nitrogen and oxygen atoms in total. The van der Waals surface area contributed by atoms with Crippen LogP contribution >= 0.6 is 0 Å². The molecule has 1 fully saturated rings. The van der Waals surface area contributed by atoms with Gasteiger partial charge in [-0.05, 0) is 29.8 Å². The largest absolute Gasteiger partial charge is 0.362 e. The van der Waals surface area contributed by atoms with Gasteiger partial charge in [-0.1, -0.05) is 6.07 Å². The third kappa shape index (κ3) is 2.25. The van der Waals surface area contributed by atoms with Gasteiger partial charge in [0, 0.05) is 43.1 Å². The van der Waals surface area contributed by atoms with Crippen LogP contribution in [0.1, 0.15) is 11.6 Å². The second-order valence-electron chi connectivity index (χ2n) is 5.34. The van der Waals surface area contributed by atoms with E-state index in [9.17, 15) is 0 Å². The summed E-state index contributed by atoms with van der Waals surface area (Å²) in [5.74, 6) is 0. The Kier molecular flexibility index (Phi) is 3.05. The molecule has 4 rings (SSSR count). The molecule has 1 unspecified atom stereocenters. The number of piperazine rings is 1. The van der Waals surface area contributed by atoms with Crippen LogP contribution in [0.3, 0.4) is 0 Å². The third-order valence-corrected chi connectivity index (χ3v) is 4.07. The minimum Gasteiger partial charge on any atom is -0.362 e. The van der Waals surface area contributed by atoms with Crippen molar-refractivity contribution in [2.75, 3.05) is 24.5 Å². The van der Waals surface area contributed by atoms with E-state index >= 15 is 0 Å². The highest BCUT2D eigenvalue weighted by Gasteiger charge is 2.24. The molecule has 0 spiro atoms. The van der Waals surface area contributed by atoms with E-state index in [2.05, 4.69) is 49.7 Å². The van der Waals surface area contributed by atoms with Gasteiger partial charge >= 0.3 is 0 Å². The summed E-state index contributed by atoms with van der Waals surface area (Å²) in [7, 11) is 0. The number of aromatic amines is 1. The molecule has 1 aromatic carbocycles. The van der Waals surface area contributed by atoms with Crippen molar-refractivity contribution in [3.8, 4) is 0 Å². The lowest BCUT2D eigenvalue weighted by molar-refractivity contribution is 0.489. The van der Waals surface area contributed by atoms with Gasteiger partial charge in [0.25, 0.3) is 0 Å². The molecular weight excluding hydrogens is 262 g/mol. The molecule has 0 amide bonds. The number of hydrogen-bond acceptors (Lipinski definition) is 4. The molecule has 1 aliphatic heterocycles. The SMILES string of the molecule is c1cncc(C2CNCCN2c2ccc3[nH]ncc3c2)c1. The molecular formula is C16H17N5. The minimum absolute atomic E-state index is 0.316. The number of nitrogens with zero attached hydrogens (tertiary/aromatic N) is 3. The number of pyridine rings is 1. The molecule has 1 atom stereocenters. The molecule has 5 heteroatoms. The number of nitrogens with one attached hydrogen (secondary N) is 2.